The van der Waals surface area contributed by atoms with E-state index in [2.05, 4.69) is 36.2 Å². The molecule has 0 aromatic heterocycles. The summed E-state index contributed by atoms with van der Waals surface area (Å²) in [5.74, 6) is 0.959. The highest BCUT2D eigenvalue weighted by molar-refractivity contribution is 5.94. The number of nitrogens with two attached hydrogens (primary N) is 1. The first kappa shape index (κ1) is 12.4. The van der Waals surface area contributed by atoms with E-state index in [1.54, 1.807) is 0 Å². The Morgan fingerprint density at radius 3 is 2.94 bits per heavy atom. The van der Waals surface area contributed by atoms with E-state index in [0.717, 1.165) is 18.9 Å². The third kappa shape index (κ3) is 2.45. The molecule has 17 heavy (non-hydrogen) atoms. The van der Waals surface area contributed by atoms with Crippen LogP contribution >= 0.6 is 0 Å². The molecule has 2 aliphatic rings. The molecule has 4 unspecified atom stereocenters. The highest BCUT2D eigenvalue weighted by atomic mass is 16.5. The van der Waals surface area contributed by atoms with E-state index >= 15 is 0 Å². The van der Waals surface area contributed by atoms with Crippen LogP contribution in [-0.4, -0.2) is 41.7 Å². The Balaban J connectivity index is 2.17. The zero-order chi connectivity index (χ0) is 12.4. The minimum atomic E-state index is -0.174. The fourth-order valence-corrected chi connectivity index (χ4v) is 2.31. The van der Waals surface area contributed by atoms with Crippen LogP contribution in [0.1, 0.15) is 27.2 Å². The summed E-state index contributed by atoms with van der Waals surface area (Å²) in [4.78, 5) is 2.34. The van der Waals surface area contributed by atoms with Crippen LogP contribution in [0.2, 0.25) is 0 Å². The normalized spacial score (nSPS) is 37.6. The van der Waals surface area contributed by atoms with E-state index in [1.165, 1.54) is 0 Å². The van der Waals surface area contributed by atoms with Crippen LogP contribution in [0.4, 0.5) is 0 Å². The van der Waals surface area contributed by atoms with Gasteiger partial charge < -0.3 is 15.4 Å². The van der Waals surface area contributed by atoms with Crippen molar-refractivity contribution in [2.45, 2.75) is 51.5 Å². The van der Waals surface area contributed by atoms with Gasteiger partial charge in [-0.3, -0.25) is 5.43 Å². The molecule has 4 atom stereocenters. The molecule has 0 saturated carbocycles. The first-order valence-corrected chi connectivity index (χ1v) is 6.30. The van der Waals surface area contributed by atoms with Crippen molar-refractivity contribution in [1.29, 1.82) is 0 Å². The van der Waals surface area contributed by atoms with Crippen LogP contribution in [0.15, 0.2) is 17.3 Å². The largest absolute Gasteiger partial charge is 0.374 e. The van der Waals surface area contributed by atoms with Crippen LogP contribution < -0.4 is 11.2 Å². The summed E-state index contributed by atoms with van der Waals surface area (Å²) >= 11 is 0. The predicted octanol–water partition coefficient (Wildman–Crippen LogP) is 0.632. The minimum Gasteiger partial charge on any atom is -0.374 e. The molecule has 0 aromatic carbocycles. The van der Waals surface area contributed by atoms with Gasteiger partial charge in [-0.1, -0.05) is 6.92 Å². The number of hydrazone groups is 1. The molecule has 2 rings (SSSR count). The molecule has 2 heterocycles. The van der Waals surface area contributed by atoms with Crippen molar-refractivity contribution in [1.82, 2.24) is 10.3 Å². The van der Waals surface area contributed by atoms with Gasteiger partial charge >= 0.3 is 0 Å². The summed E-state index contributed by atoms with van der Waals surface area (Å²) in [5, 5.41) is 4.34. The molecule has 0 spiro atoms. The summed E-state index contributed by atoms with van der Waals surface area (Å²) in [6.07, 6.45) is 5.04. The zero-order valence-corrected chi connectivity index (χ0v) is 10.8. The maximum absolute atomic E-state index is 5.77. The lowest BCUT2D eigenvalue weighted by atomic mass is 10.0. The fraction of sp³-hybridized carbons (Fsp3) is 0.750. The molecule has 0 bridgehead atoms. The number of nitrogens with one attached hydrogen (secondary N) is 1. The molecule has 0 amide bonds. The van der Waals surface area contributed by atoms with Gasteiger partial charge in [0, 0.05) is 0 Å². The van der Waals surface area contributed by atoms with Crippen molar-refractivity contribution in [2.75, 3.05) is 6.61 Å². The van der Waals surface area contributed by atoms with Crippen molar-refractivity contribution in [3.63, 3.8) is 0 Å². The molecular weight excluding hydrogens is 216 g/mol. The Bertz CT molecular complexity index is 326. The lowest BCUT2D eigenvalue weighted by Crippen LogP contribution is -2.57. The van der Waals surface area contributed by atoms with Crippen molar-refractivity contribution in [3.05, 3.63) is 12.2 Å². The number of rotatable bonds is 1. The summed E-state index contributed by atoms with van der Waals surface area (Å²) in [6, 6.07) is 0.717. The number of hydrogen-bond acceptors (Lipinski definition) is 5. The van der Waals surface area contributed by atoms with Gasteiger partial charge in [0.25, 0.3) is 0 Å². The van der Waals surface area contributed by atoms with E-state index in [-0.39, 0.29) is 12.3 Å². The lowest BCUT2D eigenvalue weighted by Gasteiger charge is -2.45. The summed E-state index contributed by atoms with van der Waals surface area (Å²) in [5.41, 5.74) is 8.61. The number of amidine groups is 1. The average Bonchev–Trinajstić information content (AvgIpc) is 2.34. The number of ether oxygens (including phenoxy) is 1. The molecule has 1 saturated heterocycles. The van der Waals surface area contributed by atoms with Crippen LogP contribution in [0, 0.1) is 0 Å². The quantitative estimate of drug-likeness (QED) is 0.703. The lowest BCUT2D eigenvalue weighted by molar-refractivity contribution is -0.0613. The second-order valence-corrected chi connectivity index (χ2v) is 4.73. The predicted molar refractivity (Wildman–Crippen MR) is 68.5 cm³/mol. The Morgan fingerprint density at radius 2 is 2.35 bits per heavy atom. The number of morpholine rings is 1. The molecule has 0 aromatic rings. The van der Waals surface area contributed by atoms with Gasteiger partial charge in [0.1, 0.15) is 12.0 Å². The first-order chi connectivity index (χ1) is 8.13. The van der Waals surface area contributed by atoms with E-state index in [4.69, 9.17) is 10.5 Å². The van der Waals surface area contributed by atoms with Gasteiger partial charge in [-0.15, -0.1) is 0 Å². The third-order valence-corrected chi connectivity index (χ3v) is 3.58. The summed E-state index contributed by atoms with van der Waals surface area (Å²) in [6.45, 7) is 7.23. The highest BCUT2D eigenvalue weighted by Gasteiger charge is 2.34. The van der Waals surface area contributed by atoms with Crippen LogP contribution in [0.3, 0.4) is 0 Å². The molecular formula is C12H22N4O. The van der Waals surface area contributed by atoms with Crippen molar-refractivity contribution in [3.8, 4) is 0 Å². The summed E-state index contributed by atoms with van der Waals surface area (Å²) < 4.78 is 5.77. The van der Waals surface area contributed by atoms with Crippen LogP contribution in [-0.2, 0) is 4.74 Å². The second-order valence-electron chi connectivity index (χ2n) is 4.73. The topological polar surface area (TPSA) is 62.9 Å². The average molecular weight is 238 g/mol. The van der Waals surface area contributed by atoms with Crippen molar-refractivity contribution >= 4 is 5.84 Å². The summed E-state index contributed by atoms with van der Waals surface area (Å²) in [7, 11) is 0. The first-order valence-electron chi connectivity index (χ1n) is 6.30. The molecule has 1 fully saturated rings. The second kappa shape index (κ2) is 5.06. The highest BCUT2D eigenvalue weighted by Crippen LogP contribution is 2.22. The zero-order valence-electron chi connectivity index (χ0n) is 10.8. The molecule has 0 radical (unpaired) electrons. The Morgan fingerprint density at radius 1 is 1.59 bits per heavy atom. The smallest absolute Gasteiger partial charge is 0.148 e. The van der Waals surface area contributed by atoms with Gasteiger partial charge in [-0.2, -0.15) is 5.10 Å². The fourth-order valence-electron chi connectivity index (χ4n) is 2.31. The van der Waals surface area contributed by atoms with Crippen LogP contribution in [0.25, 0.3) is 0 Å². The van der Waals surface area contributed by atoms with Gasteiger partial charge in [0.15, 0.2) is 0 Å². The van der Waals surface area contributed by atoms with Gasteiger partial charge in [-0.25, -0.2) is 0 Å². The maximum atomic E-state index is 5.77. The number of hydrogen-bond donors (Lipinski definition) is 2. The minimum absolute atomic E-state index is 0.174. The molecule has 5 heteroatoms. The SMILES string of the molecule is CCC1COC(C)C(C)N1C1=NNC(N)C=C1. The third-order valence-electron chi connectivity index (χ3n) is 3.58. The van der Waals surface area contributed by atoms with E-state index in [9.17, 15) is 0 Å². The Labute approximate surface area is 103 Å². The van der Waals surface area contributed by atoms with E-state index in [0.29, 0.717) is 12.1 Å². The molecule has 3 N–H and O–H groups in total. The Kier molecular flexibility index (Phi) is 3.69. The standard InChI is InChI=1S/C12H22N4O/c1-4-10-7-17-9(3)8(2)16(10)12-6-5-11(13)14-15-12/h5-6,8-11,14H,4,7,13H2,1-3H3. The van der Waals surface area contributed by atoms with E-state index < -0.39 is 0 Å². The van der Waals surface area contributed by atoms with Crippen molar-refractivity contribution in [2.24, 2.45) is 10.8 Å². The van der Waals surface area contributed by atoms with E-state index in [1.807, 2.05) is 12.2 Å². The van der Waals surface area contributed by atoms with Gasteiger partial charge in [0.2, 0.25) is 0 Å². The van der Waals surface area contributed by atoms with Crippen molar-refractivity contribution < 1.29 is 4.74 Å². The van der Waals surface area contributed by atoms with Gasteiger partial charge in [-0.05, 0) is 32.4 Å². The monoisotopic (exact) mass is 238 g/mol. The van der Waals surface area contributed by atoms with Crippen LogP contribution in [0.5, 0.6) is 0 Å². The van der Waals surface area contributed by atoms with Gasteiger partial charge in [0.05, 0.1) is 24.8 Å². The molecule has 0 aliphatic carbocycles. The molecule has 5 nitrogen and oxygen atoms in total. The number of nitrogens with zero attached hydrogens (tertiary/aromatic N) is 2. The molecule has 96 valence electrons. The Hall–Kier alpha value is -1.07. The maximum Gasteiger partial charge on any atom is 0.148 e. The molecule has 2 aliphatic heterocycles.